The Kier molecular flexibility index (Phi) is 3.59. The fourth-order valence-corrected chi connectivity index (χ4v) is 2.84. The summed E-state index contributed by atoms with van der Waals surface area (Å²) in [6, 6.07) is 5.56. The Balaban J connectivity index is 2.12. The first-order valence-electron chi connectivity index (χ1n) is 6.65. The van der Waals surface area contributed by atoms with Gasteiger partial charge in [0.2, 0.25) is 0 Å². The third-order valence-corrected chi connectivity index (χ3v) is 3.96. The molecule has 0 saturated carbocycles. The number of nitrogens with zero attached hydrogens (tertiary/aromatic N) is 2. The lowest BCUT2D eigenvalue weighted by Gasteiger charge is -2.21. The first kappa shape index (κ1) is 13.3. The van der Waals surface area contributed by atoms with E-state index in [0.29, 0.717) is 16.6 Å². The number of ether oxygens (including phenoxy) is 1. The second-order valence-corrected chi connectivity index (χ2v) is 5.32. The minimum absolute atomic E-state index is 0.0425. The first-order valence-corrected chi connectivity index (χ1v) is 7.02. The van der Waals surface area contributed by atoms with E-state index in [0.717, 1.165) is 36.1 Å². The number of nitrogens with two attached hydrogens (primary N) is 1. The number of benzene rings is 1. The summed E-state index contributed by atoms with van der Waals surface area (Å²) in [6.45, 7) is 0. The molecule has 1 aromatic heterocycles. The molecular weight excluding hydrogens is 274 g/mol. The number of halogens is 1. The summed E-state index contributed by atoms with van der Waals surface area (Å²) in [5.41, 5.74) is 8.90. The average Bonchev–Trinajstić information content (AvgIpc) is 2.47. The Hall–Kier alpha value is -1.65. The molecule has 0 amide bonds. The standard InChI is InChI=1S/C15H16ClN3O/c1-20-13-7-2-4-10(16)14(13)15-18-8-9-11(17)5-3-6-12(9)19-15/h2,4,7-8,11H,3,5-6,17H2,1H3. The molecule has 1 unspecified atom stereocenters. The van der Waals surface area contributed by atoms with Gasteiger partial charge in [-0.1, -0.05) is 17.7 Å². The van der Waals surface area contributed by atoms with Crippen molar-refractivity contribution in [3.05, 3.63) is 40.7 Å². The zero-order chi connectivity index (χ0) is 14.1. The Bertz CT molecular complexity index is 645. The van der Waals surface area contributed by atoms with Gasteiger partial charge in [0.25, 0.3) is 0 Å². The molecule has 4 nitrogen and oxygen atoms in total. The lowest BCUT2D eigenvalue weighted by Crippen LogP contribution is -2.19. The summed E-state index contributed by atoms with van der Waals surface area (Å²) in [6.07, 6.45) is 4.81. The number of methoxy groups -OCH3 is 1. The number of hydrogen-bond acceptors (Lipinski definition) is 4. The smallest absolute Gasteiger partial charge is 0.164 e. The van der Waals surface area contributed by atoms with Crippen molar-refractivity contribution in [3.8, 4) is 17.1 Å². The van der Waals surface area contributed by atoms with E-state index in [4.69, 9.17) is 22.1 Å². The van der Waals surface area contributed by atoms with Gasteiger partial charge in [0.15, 0.2) is 5.82 Å². The van der Waals surface area contributed by atoms with Crippen LogP contribution < -0.4 is 10.5 Å². The minimum Gasteiger partial charge on any atom is -0.496 e. The van der Waals surface area contributed by atoms with Crippen LogP contribution in [0.2, 0.25) is 5.02 Å². The molecule has 1 atom stereocenters. The van der Waals surface area contributed by atoms with Gasteiger partial charge in [-0.15, -0.1) is 0 Å². The SMILES string of the molecule is COc1cccc(Cl)c1-c1ncc2c(n1)CCCC2N. The van der Waals surface area contributed by atoms with E-state index in [1.54, 1.807) is 7.11 Å². The molecule has 1 aliphatic carbocycles. The second kappa shape index (κ2) is 5.38. The molecule has 3 rings (SSSR count). The topological polar surface area (TPSA) is 61.0 Å². The monoisotopic (exact) mass is 289 g/mol. The van der Waals surface area contributed by atoms with E-state index in [1.165, 1.54) is 0 Å². The molecule has 2 N–H and O–H groups in total. The van der Waals surface area contributed by atoms with Crippen molar-refractivity contribution in [2.24, 2.45) is 5.73 Å². The maximum atomic E-state index is 6.27. The molecule has 2 aromatic rings. The highest BCUT2D eigenvalue weighted by atomic mass is 35.5. The molecule has 1 heterocycles. The molecule has 0 radical (unpaired) electrons. The Labute approximate surface area is 123 Å². The van der Waals surface area contributed by atoms with Crippen LogP contribution in [-0.2, 0) is 6.42 Å². The van der Waals surface area contributed by atoms with Gasteiger partial charge < -0.3 is 10.5 Å². The Morgan fingerprint density at radius 1 is 1.40 bits per heavy atom. The molecular formula is C15H16ClN3O. The predicted octanol–water partition coefficient (Wildman–Crippen LogP) is 3.14. The third kappa shape index (κ3) is 2.25. The number of aryl methyl sites for hydroxylation is 1. The first-order chi connectivity index (χ1) is 9.70. The lowest BCUT2D eigenvalue weighted by molar-refractivity contribution is 0.416. The van der Waals surface area contributed by atoms with Crippen LogP contribution in [-0.4, -0.2) is 17.1 Å². The van der Waals surface area contributed by atoms with Crippen LogP contribution in [0.5, 0.6) is 5.75 Å². The van der Waals surface area contributed by atoms with E-state index in [1.807, 2.05) is 24.4 Å². The maximum Gasteiger partial charge on any atom is 0.164 e. The highest BCUT2D eigenvalue weighted by Crippen LogP contribution is 2.35. The number of rotatable bonds is 2. The normalized spacial score (nSPS) is 17.6. The number of fused-ring (bicyclic) bond motifs is 1. The Morgan fingerprint density at radius 2 is 2.25 bits per heavy atom. The fourth-order valence-electron chi connectivity index (χ4n) is 2.59. The highest BCUT2D eigenvalue weighted by molar-refractivity contribution is 6.33. The van der Waals surface area contributed by atoms with Crippen LogP contribution in [0.3, 0.4) is 0 Å². The van der Waals surface area contributed by atoms with Crippen molar-refractivity contribution >= 4 is 11.6 Å². The van der Waals surface area contributed by atoms with Crippen molar-refractivity contribution in [1.29, 1.82) is 0 Å². The van der Waals surface area contributed by atoms with E-state index in [-0.39, 0.29) is 6.04 Å². The van der Waals surface area contributed by atoms with Crippen LogP contribution >= 0.6 is 11.6 Å². The van der Waals surface area contributed by atoms with E-state index < -0.39 is 0 Å². The average molecular weight is 290 g/mol. The predicted molar refractivity (Wildman–Crippen MR) is 78.9 cm³/mol. The molecule has 0 fully saturated rings. The number of hydrogen-bond donors (Lipinski definition) is 1. The molecule has 20 heavy (non-hydrogen) atoms. The van der Waals surface area contributed by atoms with Gasteiger partial charge in [-0.2, -0.15) is 0 Å². The lowest BCUT2D eigenvalue weighted by atomic mass is 9.93. The van der Waals surface area contributed by atoms with Crippen LogP contribution in [0.15, 0.2) is 24.4 Å². The summed E-state index contributed by atoms with van der Waals surface area (Å²) in [7, 11) is 1.61. The van der Waals surface area contributed by atoms with Gasteiger partial charge in [0.1, 0.15) is 5.75 Å². The van der Waals surface area contributed by atoms with Crippen LogP contribution in [0, 0.1) is 0 Å². The minimum atomic E-state index is 0.0425. The summed E-state index contributed by atoms with van der Waals surface area (Å²) in [4.78, 5) is 9.07. The quantitative estimate of drug-likeness (QED) is 0.922. The van der Waals surface area contributed by atoms with Gasteiger partial charge in [-0.3, -0.25) is 0 Å². The van der Waals surface area contributed by atoms with Crippen LogP contribution in [0.25, 0.3) is 11.4 Å². The largest absolute Gasteiger partial charge is 0.496 e. The van der Waals surface area contributed by atoms with Crippen molar-refractivity contribution in [3.63, 3.8) is 0 Å². The van der Waals surface area contributed by atoms with Gasteiger partial charge in [-0.05, 0) is 31.4 Å². The summed E-state index contributed by atoms with van der Waals surface area (Å²) in [5, 5.41) is 0.587. The summed E-state index contributed by atoms with van der Waals surface area (Å²) >= 11 is 6.27. The van der Waals surface area contributed by atoms with Crippen molar-refractivity contribution in [2.45, 2.75) is 25.3 Å². The molecule has 104 valence electrons. The summed E-state index contributed by atoms with van der Waals surface area (Å²) in [5.74, 6) is 1.28. The van der Waals surface area contributed by atoms with E-state index in [9.17, 15) is 0 Å². The van der Waals surface area contributed by atoms with Crippen LogP contribution in [0.4, 0.5) is 0 Å². The van der Waals surface area contributed by atoms with Crippen molar-refractivity contribution < 1.29 is 4.74 Å². The summed E-state index contributed by atoms with van der Waals surface area (Å²) < 4.78 is 5.36. The molecule has 1 aromatic carbocycles. The van der Waals surface area contributed by atoms with E-state index >= 15 is 0 Å². The van der Waals surface area contributed by atoms with Crippen molar-refractivity contribution in [1.82, 2.24) is 9.97 Å². The molecule has 0 bridgehead atoms. The molecule has 0 spiro atoms. The van der Waals surface area contributed by atoms with Gasteiger partial charge in [0.05, 0.1) is 17.7 Å². The van der Waals surface area contributed by atoms with Gasteiger partial charge in [-0.25, -0.2) is 9.97 Å². The molecule has 1 aliphatic rings. The van der Waals surface area contributed by atoms with Crippen molar-refractivity contribution in [2.75, 3.05) is 7.11 Å². The maximum absolute atomic E-state index is 6.27. The number of aromatic nitrogens is 2. The molecule has 0 aliphatic heterocycles. The van der Waals surface area contributed by atoms with E-state index in [2.05, 4.69) is 9.97 Å². The molecule has 5 heteroatoms. The Morgan fingerprint density at radius 3 is 3.05 bits per heavy atom. The second-order valence-electron chi connectivity index (χ2n) is 4.91. The van der Waals surface area contributed by atoms with Gasteiger partial charge in [0, 0.05) is 23.5 Å². The van der Waals surface area contributed by atoms with Gasteiger partial charge >= 0.3 is 0 Å². The third-order valence-electron chi connectivity index (χ3n) is 3.65. The zero-order valence-electron chi connectivity index (χ0n) is 11.3. The highest BCUT2D eigenvalue weighted by Gasteiger charge is 2.21. The zero-order valence-corrected chi connectivity index (χ0v) is 12.0. The molecule has 0 saturated heterocycles. The fraction of sp³-hybridized carbons (Fsp3) is 0.333. The van der Waals surface area contributed by atoms with Crippen LogP contribution in [0.1, 0.15) is 30.1 Å².